The van der Waals surface area contributed by atoms with Crippen LogP contribution in [0.4, 0.5) is 5.69 Å². The topological polar surface area (TPSA) is 58.6 Å². The third-order valence-corrected chi connectivity index (χ3v) is 5.45. The molecule has 0 saturated heterocycles. The van der Waals surface area contributed by atoms with Gasteiger partial charge in [0.15, 0.2) is 0 Å². The minimum Gasteiger partial charge on any atom is -0.507 e. The van der Waals surface area contributed by atoms with Crippen molar-refractivity contribution in [3.05, 3.63) is 49.4 Å². The van der Waals surface area contributed by atoms with Crippen molar-refractivity contribution in [2.24, 2.45) is 0 Å². The molecule has 0 atom stereocenters. The summed E-state index contributed by atoms with van der Waals surface area (Å²) in [4.78, 5) is 12.5. The van der Waals surface area contributed by atoms with Crippen molar-refractivity contribution < 1.29 is 14.6 Å². The summed E-state index contributed by atoms with van der Waals surface area (Å²) in [6.07, 6.45) is 1.67. The highest BCUT2D eigenvalue weighted by Gasteiger charge is 2.29. The van der Waals surface area contributed by atoms with Crippen LogP contribution in [0.25, 0.3) is 11.6 Å². The highest BCUT2D eigenvalue weighted by molar-refractivity contribution is 9.11. The zero-order chi connectivity index (χ0) is 17.6. The highest BCUT2D eigenvalue weighted by atomic mass is 79.9. The predicted octanol–water partition coefficient (Wildman–Crippen LogP) is 5.04. The molecular weight excluding hydrogens is 438 g/mol. The fourth-order valence-electron chi connectivity index (χ4n) is 2.81. The number of ether oxygens (including phenoxy) is 1. The standard InChI is InChI=1S/C18H15Br2NO3/c1-8-4-14(22)10(15(5-8)24-3)6-11-16-9(2)12(19)7-13(20)17(16)21-18(11)23/h4-7,22H,1-3H3,(H,21,23). The van der Waals surface area contributed by atoms with Crippen LogP contribution in [0.15, 0.2) is 27.1 Å². The van der Waals surface area contributed by atoms with Gasteiger partial charge in [-0.3, -0.25) is 4.79 Å². The molecule has 0 spiro atoms. The van der Waals surface area contributed by atoms with Crippen molar-refractivity contribution in [1.29, 1.82) is 0 Å². The molecule has 1 amide bonds. The Kier molecular flexibility index (Phi) is 4.44. The summed E-state index contributed by atoms with van der Waals surface area (Å²) in [5.41, 5.74) is 4.34. The number of amides is 1. The lowest BCUT2D eigenvalue weighted by Crippen LogP contribution is -2.04. The molecule has 3 rings (SSSR count). The number of hydrogen-bond donors (Lipinski definition) is 2. The third-order valence-electron chi connectivity index (χ3n) is 4.00. The smallest absolute Gasteiger partial charge is 0.256 e. The molecule has 2 N–H and O–H groups in total. The third kappa shape index (κ3) is 2.74. The molecule has 6 heteroatoms. The Morgan fingerprint density at radius 1 is 1.17 bits per heavy atom. The number of phenols is 1. The Morgan fingerprint density at radius 2 is 1.88 bits per heavy atom. The van der Waals surface area contributed by atoms with Gasteiger partial charge in [0.25, 0.3) is 5.91 Å². The fraction of sp³-hybridized carbons (Fsp3) is 0.167. The average Bonchev–Trinajstić information content (AvgIpc) is 2.85. The predicted molar refractivity (Wildman–Crippen MR) is 102 cm³/mol. The van der Waals surface area contributed by atoms with Crippen LogP contribution < -0.4 is 10.1 Å². The summed E-state index contributed by atoms with van der Waals surface area (Å²) < 4.78 is 7.06. The number of methoxy groups -OCH3 is 1. The van der Waals surface area contributed by atoms with E-state index < -0.39 is 0 Å². The SMILES string of the molecule is COc1cc(C)cc(O)c1C=C1C(=O)Nc2c(Br)cc(Br)c(C)c21. The average molecular weight is 453 g/mol. The maximum atomic E-state index is 12.5. The van der Waals surface area contributed by atoms with Gasteiger partial charge in [-0.05, 0) is 65.2 Å². The van der Waals surface area contributed by atoms with E-state index in [4.69, 9.17) is 4.74 Å². The second kappa shape index (κ2) is 6.26. The van der Waals surface area contributed by atoms with Crippen LogP contribution >= 0.6 is 31.9 Å². The van der Waals surface area contributed by atoms with Gasteiger partial charge in [0.1, 0.15) is 11.5 Å². The molecule has 0 aliphatic carbocycles. The van der Waals surface area contributed by atoms with Crippen molar-refractivity contribution in [1.82, 2.24) is 0 Å². The summed E-state index contributed by atoms with van der Waals surface area (Å²) in [7, 11) is 1.54. The van der Waals surface area contributed by atoms with Crippen molar-refractivity contribution in [3.8, 4) is 11.5 Å². The summed E-state index contributed by atoms with van der Waals surface area (Å²) >= 11 is 6.99. The Hall–Kier alpha value is -1.79. The first kappa shape index (κ1) is 17.0. The van der Waals surface area contributed by atoms with E-state index in [1.54, 1.807) is 12.1 Å². The van der Waals surface area contributed by atoms with Gasteiger partial charge in [0.2, 0.25) is 0 Å². The number of aryl methyl sites for hydroxylation is 1. The number of anilines is 1. The molecule has 2 aromatic carbocycles. The first-order valence-electron chi connectivity index (χ1n) is 7.23. The molecule has 0 radical (unpaired) electrons. The van der Waals surface area contributed by atoms with Gasteiger partial charge in [-0.1, -0.05) is 15.9 Å². The second-order valence-electron chi connectivity index (χ2n) is 5.63. The zero-order valence-electron chi connectivity index (χ0n) is 13.3. The number of halogens is 2. The number of phenolic OH excluding ortho intramolecular Hbond substituents is 1. The van der Waals surface area contributed by atoms with Crippen LogP contribution in [-0.4, -0.2) is 18.1 Å². The van der Waals surface area contributed by atoms with E-state index in [0.29, 0.717) is 16.9 Å². The Balaban J connectivity index is 2.27. The van der Waals surface area contributed by atoms with Crippen molar-refractivity contribution in [2.45, 2.75) is 13.8 Å². The summed E-state index contributed by atoms with van der Waals surface area (Å²) in [6, 6.07) is 5.37. The van der Waals surface area contributed by atoms with Gasteiger partial charge in [0.05, 0.1) is 23.9 Å². The van der Waals surface area contributed by atoms with E-state index >= 15 is 0 Å². The van der Waals surface area contributed by atoms with E-state index in [-0.39, 0.29) is 11.7 Å². The number of carbonyl (C=O) groups excluding carboxylic acids is 1. The van der Waals surface area contributed by atoms with E-state index in [0.717, 1.165) is 31.3 Å². The Bertz CT molecular complexity index is 904. The number of carbonyl (C=O) groups is 1. The Labute approximate surface area is 156 Å². The van der Waals surface area contributed by atoms with E-state index in [9.17, 15) is 9.90 Å². The molecule has 0 saturated carbocycles. The van der Waals surface area contributed by atoms with E-state index in [2.05, 4.69) is 37.2 Å². The monoisotopic (exact) mass is 451 g/mol. The summed E-state index contributed by atoms with van der Waals surface area (Å²) in [5.74, 6) is 0.384. The largest absolute Gasteiger partial charge is 0.507 e. The lowest BCUT2D eigenvalue weighted by molar-refractivity contribution is -0.110. The molecule has 1 heterocycles. The van der Waals surface area contributed by atoms with Gasteiger partial charge < -0.3 is 15.2 Å². The van der Waals surface area contributed by atoms with Gasteiger partial charge in [-0.25, -0.2) is 0 Å². The number of nitrogens with one attached hydrogen (secondary N) is 1. The molecule has 0 fully saturated rings. The van der Waals surface area contributed by atoms with Gasteiger partial charge >= 0.3 is 0 Å². The van der Waals surface area contributed by atoms with Crippen LogP contribution in [-0.2, 0) is 4.79 Å². The molecule has 2 aromatic rings. The molecule has 0 unspecified atom stereocenters. The van der Waals surface area contributed by atoms with Gasteiger partial charge in [-0.15, -0.1) is 0 Å². The normalized spacial score (nSPS) is 14.7. The van der Waals surface area contributed by atoms with Crippen LogP contribution in [0.1, 0.15) is 22.3 Å². The van der Waals surface area contributed by atoms with Gasteiger partial charge in [0, 0.05) is 14.5 Å². The molecule has 1 aliphatic heterocycles. The molecule has 124 valence electrons. The van der Waals surface area contributed by atoms with Crippen molar-refractivity contribution >= 4 is 55.1 Å². The summed E-state index contributed by atoms with van der Waals surface area (Å²) in [6.45, 7) is 3.81. The van der Waals surface area contributed by atoms with Crippen LogP contribution in [0.3, 0.4) is 0 Å². The number of aromatic hydroxyl groups is 1. The number of rotatable bonds is 2. The molecule has 4 nitrogen and oxygen atoms in total. The lowest BCUT2D eigenvalue weighted by atomic mass is 9.98. The molecule has 1 aliphatic rings. The van der Waals surface area contributed by atoms with E-state index in [1.807, 2.05) is 26.0 Å². The number of hydrogen-bond acceptors (Lipinski definition) is 3. The fourth-order valence-corrected chi connectivity index (χ4v) is 4.07. The van der Waals surface area contributed by atoms with E-state index in [1.165, 1.54) is 7.11 Å². The first-order valence-corrected chi connectivity index (χ1v) is 8.81. The number of fused-ring (bicyclic) bond motifs is 1. The van der Waals surface area contributed by atoms with Crippen molar-refractivity contribution in [2.75, 3.05) is 12.4 Å². The van der Waals surface area contributed by atoms with Crippen LogP contribution in [0.2, 0.25) is 0 Å². The molecule has 0 aromatic heterocycles. The highest BCUT2D eigenvalue weighted by Crippen LogP contribution is 2.44. The van der Waals surface area contributed by atoms with Crippen molar-refractivity contribution in [3.63, 3.8) is 0 Å². The molecular formula is C18H15Br2NO3. The van der Waals surface area contributed by atoms with Gasteiger partial charge in [-0.2, -0.15) is 0 Å². The minimum atomic E-state index is -0.214. The molecule has 24 heavy (non-hydrogen) atoms. The maximum Gasteiger partial charge on any atom is 0.256 e. The zero-order valence-corrected chi connectivity index (χ0v) is 16.5. The lowest BCUT2D eigenvalue weighted by Gasteiger charge is -2.11. The minimum absolute atomic E-state index is 0.0762. The number of benzene rings is 2. The first-order chi connectivity index (χ1) is 11.3. The maximum absolute atomic E-state index is 12.5. The second-order valence-corrected chi connectivity index (χ2v) is 7.34. The Morgan fingerprint density at radius 3 is 2.54 bits per heavy atom. The summed E-state index contributed by atoms with van der Waals surface area (Å²) in [5, 5.41) is 13.2. The quantitative estimate of drug-likeness (QED) is 0.628. The van der Waals surface area contributed by atoms with Crippen LogP contribution in [0.5, 0.6) is 11.5 Å². The van der Waals surface area contributed by atoms with Crippen LogP contribution in [0, 0.1) is 13.8 Å². The molecule has 0 bridgehead atoms.